The van der Waals surface area contributed by atoms with Crippen molar-refractivity contribution in [1.29, 1.82) is 0 Å². The molecule has 2 rings (SSSR count). The molecule has 3 amide bonds. The second kappa shape index (κ2) is 8.37. The summed E-state index contributed by atoms with van der Waals surface area (Å²) in [7, 11) is 3.48. The van der Waals surface area contributed by atoms with Crippen LogP contribution < -0.4 is 5.32 Å². The van der Waals surface area contributed by atoms with Crippen LogP contribution in [0.5, 0.6) is 0 Å². The molecule has 0 saturated carbocycles. The van der Waals surface area contributed by atoms with Crippen molar-refractivity contribution in [3.63, 3.8) is 0 Å². The zero-order valence-corrected chi connectivity index (χ0v) is 16.1. The van der Waals surface area contributed by atoms with Crippen molar-refractivity contribution in [3.8, 4) is 0 Å². The number of hydrogen-bond donors (Lipinski definition) is 1. The highest BCUT2D eigenvalue weighted by atomic mass is 16.2. The summed E-state index contributed by atoms with van der Waals surface area (Å²) in [5, 5.41) is 3.13. The number of rotatable bonds is 5. The fourth-order valence-corrected chi connectivity index (χ4v) is 3.47. The Labute approximate surface area is 151 Å². The number of para-hydroxylation sites is 1. The van der Waals surface area contributed by atoms with E-state index in [-0.39, 0.29) is 18.0 Å². The van der Waals surface area contributed by atoms with E-state index >= 15 is 0 Å². The van der Waals surface area contributed by atoms with E-state index in [9.17, 15) is 9.59 Å². The molecule has 1 unspecified atom stereocenters. The van der Waals surface area contributed by atoms with Gasteiger partial charge in [0.05, 0.1) is 0 Å². The maximum atomic E-state index is 12.9. The zero-order valence-electron chi connectivity index (χ0n) is 16.1. The van der Waals surface area contributed by atoms with Crippen LogP contribution in [0.3, 0.4) is 0 Å². The number of nitrogens with one attached hydrogen (secondary N) is 1. The Morgan fingerprint density at radius 3 is 2.64 bits per heavy atom. The van der Waals surface area contributed by atoms with Crippen LogP contribution in [0.15, 0.2) is 18.2 Å². The van der Waals surface area contributed by atoms with Crippen molar-refractivity contribution in [2.24, 2.45) is 0 Å². The first-order valence-electron chi connectivity index (χ1n) is 9.27. The fraction of sp³-hybridized carbons (Fsp3) is 0.600. The van der Waals surface area contributed by atoms with Gasteiger partial charge < -0.3 is 15.1 Å². The molecule has 0 spiro atoms. The third kappa shape index (κ3) is 4.33. The molecule has 0 aliphatic carbocycles. The summed E-state index contributed by atoms with van der Waals surface area (Å²) in [5.41, 5.74) is 3.23. The van der Waals surface area contributed by atoms with Gasteiger partial charge in [-0.3, -0.25) is 4.79 Å². The Bertz CT molecular complexity index is 625. The van der Waals surface area contributed by atoms with E-state index in [1.165, 1.54) is 0 Å². The number of aryl methyl sites for hydroxylation is 1. The minimum atomic E-state index is -0.351. The molecule has 0 radical (unpaired) electrons. The first-order valence-corrected chi connectivity index (χ1v) is 9.27. The minimum absolute atomic E-state index is 0.00132. The maximum Gasteiger partial charge on any atom is 0.322 e. The molecule has 0 bridgehead atoms. The van der Waals surface area contributed by atoms with Gasteiger partial charge in [-0.2, -0.15) is 0 Å². The summed E-state index contributed by atoms with van der Waals surface area (Å²) in [6.45, 7) is 7.03. The van der Waals surface area contributed by atoms with Crippen LogP contribution in [-0.4, -0.2) is 48.4 Å². The summed E-state index contributed by atoms with van der Waals surface area (Å²) in [4.78, 5) is 28.5. The van der Waals surface area contributed by atoms with Gasteiger partial charge in [0.15, 0.2) is 0 Å². The van der Waals surface area contributed by atoms with E-state index in [0.717, 1.165) is 42.5 Å². The van der Waals surface area contributed by atoms with E-state index in [2.05, 4.69) is 44.3 Å². The lowest BCUT2D eigenvalue weighted by atomic mass is 9.96. The van der Waals surface area contributed by atoms with Crippen LogP contribution in [-0.2, 0) is 11.2 Å². The molecule has 1 heterocycles. The SMILES string of the molecule is CCCc1cccc(C(C)C)c1NC(=O)N1CCCC1C(=O)N(C)C. The number of hydrogen-bond acceptors (Lipinski definition) is 2. The standard InChI is InChI=1S/C20H31N3O2/c1-6-9-15-10-7-11-16(14(2)3)18(15)21-20(25)23-13-8-12-17(23)19(24)22(4)5/h7,10-11,14,17H,6,8-9,12-13H2,1-5H3,(H,21,25). The molecule has 1 aliphatic heterocycles. The second-order valence-electron chi connectivity index (χ2n) is 7.30. The van der Waals surface area contributed by atoms with Crippen molar-refractivity contribution in [2.45, 2.75) is 58.4 Å². The van der Waals surface area contributed by atoms with Gasteiger partial charge in [-0.25, -0.2) is 4.79 Å². The van der Waals surface area contributed by atoms with Crippen molar-refractivity contribution in [3.05, 3.63) is 29.3 Å². The maximum absolute atomic E-state index is 12.9. The van der Waals surface area contributed by atoms with E-state index in [0.29, 0.717) is 12.5 Å². The molecule has 5 nitrogen and oxygen atoms in total. The molecule has 1 saturated heterocycles. The van der Waals surface area contributed by atoms with Crippen LogP contribution in [0.2, 0.25) is 0 Å². The van der Waals surface area contributed by atoms with Crippen LogP contribution in [0.25, 0.3) is 0 Å². The van der Waals surface area contributed by atoms with Crippen LogP contribution >= 0.6 is 0 Å². The third-order valence-corrected chi connectivity index (χ3v) is 4.80. The Balaban J connectivity index is 2.26. The molecule has 138 valence electrons. The van der Waals surface area contributed by atoms with Gasteiger partial charge >= 0.3 is 6.03 Å². The van der Waals surface area contributed by atoms with Crippen molar-refractivity contribution in [1.82, 2.24) is 9.80 Å². The molecule has 1 aromatic carbocycles. The first-order chi connectivity index (χ1) is 11.9. The Hall–Kier alpha value is -2.04. The molecule has 1 aliphatic rings. The smallest absolute Gasteiger partial charge is 0.322 e. The molecule has 0 aromatic heterocycles. The summed E-state index contributed by atoms with van der Waals surface area (Å²) >= 11 is 0. The van der Waals surface area contributed by atoms with E-state index < -0.39 is 0 Å². The van der Waals surface area contributed by atoms with E-state index in [1.807, 2.05) is 0 Å². The van der Waals surface area contributed by atoms with Gasteiger partial charge in [-0.1, -0.05) is 45.4 Å². The second-order valence-corrected chi connectivity index (χ2v) is 7.30. The summed E-state index contributed by atoms with van der Waals surface area (Å²) in [5.74, 6) is 0.323. The average molecular weight is 345 g/mol. The lowest BCUT2D eigenvalue weighted by molar-refractivity contribution is -0.132. The molecule has 1 fully saturated rings. The predicted molar refractivity (Wildman–Crippen MR) is 102 cm³/mol. The number of nitrogens with zero attached hydrogens (tertiary/aromatic N) is 2. The lowest BCUT2D eigenvalue weighted by Gasteiger charge is -2.27. The highest BCUT2D eigenvalue weighted by Gasteiger charge is 2.35. The van der Waals surface area contributed by atoms with Crippen LogP contribution in [0.1, 0.15) is 57.1 Å². The van der Waals surface area contributed by atoms with Crippen LogP contribution in [0.4, 0.5) is 10.5 Å². The van der Waals surface area contributed by atoms with Crippen LogP contribution in [0, 0.1) is 0 Å². The number of carbonyl (C=O) groups is 2. The number of urea groups is 1. The Kier molecular flexibility index (Phi) is 6.45. The summed E-state index contributed by atoms with van der Waals surface area (Å²) in [6, 6.07) is 5.70. The molecule has 1 aromatic rings. The monoisotopic (exact) mass is 345 g/mol. The highest BCUT2D eigenvalue weighted by molar-refractivity contribution is 5.95. The molecule has 25 heavy (non-hydrogen) atoms. The normalized spacial score (nSPS) is 17.0. The predicted octanol–water partition coefficient (Wildman–Crippen LogP) is 3.85. The summed E-state index contributed by atoms with van der Waals surface area (Å²) in [6.07, 6.45) is 3.55. The van der Waals surface area contributed by atoms with Crippen molar-refractivity contribution in [2.75, 3.05) is 26.0 Å². The average Bonchev–Trinajstić information content (AvgIpc) is 3.05. The first kappa shape index (κ1) is 19.3. The number of carbonyl (C=O) groups excluding carboxylic acids is 2. The molecule has 1 N–H and O–H groups in total. The number of anilines is 1. The summed E-state index contributed by atoms with van der Waals surface area (Å²) < 4.78 is 0. The van der Waals surface area contributed by atoms with E-state index in [1.54, 1.807) is 23.9 Å². The van der Waals surface area contributed by atoms with Gasteiger partial charge in [0.2, 0.25) is 5.91 Å². The zero-order chi connectivity index (χ0) is 18.6. The number of benzene rings is 1. The highest BCUT2D eigenvalue weighted by Crippen LogP contribution is 2.30. The number of amides is 3. The molecule has 5 heteroatoms. The van der Waals surface area contributed by atoms with Crippen molar-refractivity contribution >= 4 is 17.6 Å². The fourth-order valence-electron chi connectivity index (χ4n) is 3.47. The largest absolute Gasteiger partial charge is 0.347 e. The third-order valence-electron chi connectivity index (χ3n) is 4.80. The quantitative estimate of drug-likeness (QED) is 0.881. The molecular weight excluding hydrogens is 314 g/mol. The number of likely N-dealkylation sites (N-methyl/N-ethyl adjacent to an activating group) is 1. The molecular formula is C20H31N3O2. The van der Waals surface area contributed by atoms with Gasteiger partial charge in [-0.05, 0) is 36.3 Å². The molecule has 1 atom stereocenters. The van der Waals surface area contributed by atoms with Gasteiger partial charge in [-0.15, -0.1) is 0 Å². The van der Waals surface area contributed by atoms with Crippen molar-refractivity contribution < 1.29 is 9.59 Å². The van der Waals surface area contributed by atoms with Gasteiger partial charge in [0.25, 0.3) is 0 Å². The van der Waals surface area contributed by atoms with E-state index in [4.69, 9.17) is 0 Å². The topological polar surface area (TPSA) is 52.7 Å². The van der Waals surface area contributed by atoms with Gasteiger partial charge in [0.1, 0.15) is 6.04 Å². The Morgan fingerprint density at radius 2 is 2.04 bits per heavy atom. The lowest BCUT2D eigenvalue weighted by Crippen LogP contribution is -2.47. The Morgan fingerprint density at radius 1 is 1.32 bits per heavy atom. The van der Waals surface area contributed by atoms with Gasteiger partial charge in [0, 0.05) is 26.3 Å². The number of likely N-dealkylation sites (tertiary alicyclic amines) is 1. The minimum Gasteiger partial charge on any atom is -0.347 e.